The van der Waals surface area contributed by atoms with Gasteiger partial charge in [0.15, 0.2) is 0 Å². The second kappa shape index (κ2) is 5.60. The molecule has 0 amide bonds. The van der Waals surface area contributed by atoms with Gasteiger partial charge in [0.2, 0.25) is 0 Å². The number of rotatable bonds is 3. The maximum Gasteiger partial charge on any atom is 0.143 e. The van der Waals surface area contributed by atoms with Gasteiger partial charge in [0, 0.05) is 8.95 Å². The normalized spacial score (nSPS) is 12.6. The third-order valence-electron chi connectivity index (χ3n) is 2.11. The van der Waals surface area contributed by atoms with Crippen molar-refractivity contribution >= 4 is 53.6 Å². The zero-order valence-corrected chi connectivity index (χ0v) is 13.2. The lowest BCUT2D eigenvalue weighted by atomic mass is 10.1. The van der Waals surface area contributed by atoms with E-state index in [0.717, 1.165) is 14.5 Å². The molecule has 0 saturated carbocycles. The molecule has 0 aliphatic heterocycles. The van der Waals surface area contributed by atoms with Crippen molar-refractivity contribution in [2.45, 2.75) is 25.1 Å². The molecule has 0 saturated heterocycles. The van der Waals surface area contributed by atoms with Crippen molar-refractivity contribution in [1.82, 2.24) is 0 Å². The van der Waals surface area contributed by atoms with E-state index in [0.29, 0.717) is 6.42 Å². The molecular weight excluding hydrogens is 388 g/mol. The van der Waals surface area contributed by atoms with Gasteiger partial charge in [-0.25, -0.2) is 0 Å². The van der Waals surface area contributed by atoms with Crippen LogP contribution >= 0.6 is 47.8 Å². The summed E-state index contributed by atoms with van der Waals surface area (Å²) in [5, 5.41) is 0. The number of benzene rings is 1. The van der Waals surface area contributed by atoms with Crippen LogP contribution in [0.3, 0.4) is 0 Å². The molecule has 0 heterocycles. The standard InChI is InChI=1S/C11H11Br3O/c1-6-3-10(13)8(11(14)4-6)5-9(12)7(2)15/h3-4,9H,5H2,1-2H3. The Balaban J connectivity index is 3.00. The van der Waals surface area contributed by atoms with Crippen LogP contribution in [-0.2, 0) is 11.2 Å². The van der Waals surface area contributed by atoms with E-state index >= 15 is 0 Å². The highest BCUT2D eigenvalue weighted by Gasteiger charge is 2.15. The smallest absolute Gasteiger partial charge is 0.143 e. The number of hydrogen-bond acceptors (Lipinski definition) is 1. The van der Waals surface area contributed by atoms with Crippen molar-refractivity contribution in [3.05, 3.63) is 32.2 Å². The zero-order valence-electron chi connectivity index (χ0n) is 8.48. The van der Waals surface area contributed by atoms with Gasteiger partial charge in [-0.1, -0.05) is 47.8 Å². The van der Waals surface area contributed by atoms with E-state index < -0.39 is 0 Å². The Morgan fingerprint density at radius 3 is 2.20 bits per heavy atom. The summed E-state index contributed by atoms with van der Waals surface area (Å²) < 4.78 is 2.08. The lowest BCUT2D eigenvalue weighted by molar-refractivity contribution is -0.116. The highest BCUT2D eigenvalue weighted by Crippen LogP contribution is 2.29. The topological polar surface area (TPSA) is 17.1 Å². The SMILES string of the molecule is CC(=O)C(Br)Cc1c(Br)cc(C)cc1Br. The van der Waals surface area contributed by atoms with E-state index in [9.17, 15) is 4.79 Å². The van der Waals surface area contributed by atoms with E-state index in [1.54, 1.807) is 6.92 Å². The van der Waals surface area contributed by atoms with Gasteiger partial charge in [0.25, 0.3) is 0 Å². The van der Waals surface area contributed by atoms with Crippen LogP contribution in [0.5, 0.6) is 0 Å². The lowest BCUT2D eigenvalue weighted by Crippen LogP contribution is -2.13. The van der Waals surface area contributed by atoms with E-state index in [-0.39, 0.29) is 10.6 Å². The number of halogens is 3. The summed E-state index contributed by atoms with van der Waals surface area (Å²) in [5.41, 5.74) is 2.31. The van der Waals surface area contributed by atoms with Crippen LogP contribution in [0.15, 0.2) is 21.1 Å². The van der Waals surface area contributed by atoms with Gasteiger partial charge in [0.05, 0.1) is 4.83 Å². The van der Waals surface area contributed by atoms with E-state index in [4.69, 9.17) is 0 Å². The zero-order chi connectivity index (χ0) is 11.6. The number of hydrogen-bond donors (Lipinski definition) is 0. The molecule has 1 aromatic carbocycles. The second-order valence-corrected chi connectivity index (χ2v) is 6.30. The van der Waals surface area contributed by atoms with Crippen molar-refractivity contribution in [3.8, 4) is 0 Å². The maximum absolute atomic E-state index is 11.2. The van der Waals surface area contributed by atoms with E-state index in [1.807, 2.05) is 6.92 Å². The summed E-state index contributed by atoms with van der Waals surface area (Å²) in [6.45, 7) is 3.63. The molecule has 82 valence electrons. The van der Waals surface area contributed by atoms with E-state index in [2.05, 4.69) is 59.9 Å². The van der Waals surface area contributed by atoms with Gasteiger partial charge >= 0.3 is 0 Å². The van der Waals surface area contributed by atoms with Gasteiger partial charge in [-0.15, -0.1) is 0 Å². The average Bonchev–Trinajstić information content (AvgIpc) is 2.10. The fourth-order valence-corrected chi connectivity index (χ4v) is 3.31. The Bertz CT molecular complexity index is 364. The molecule has 0 aliphatic rings. The first-order valence-corrected chi connectivity index (χ1v) is 7.01. The minimum atomic E-state index is -0.118. The molecule has 1 atom stereocenters. The van der Waals surface area contributed by atoms with Gasteiger partial charge < -0.3 is 0 Å². The molecule has 0 N–H and O–H groups in total. The van der Waals surface area contributed by atoms with Crippen molar-refractivity contribution in [2.75, 3.05) is 0 Å². The lowest BCUT2D eigenvalue weighted by Gasteiger charge is -2.11. The third-order valence-corrected chi connectivity index (χ3v) is 4.49. The molecule has 1 rings (SSSR count). The maximum atomic E-state index is 11.2. The third kappa shape index (κ3) is 3.68. The molecule has 0 bridgehead atoms. The molecule has 4 heteroatoms. The number of carbonyl (C=O) groups excluding carboxylic acids is 1. The molecule has 1 aromatic rings. The second-order valence-electron chi connectivity index (χ2n) is 3.49. The summed E-state index contributed by atoms with van der Waals surface area (Å²) in [6, 6.07) is 4.11. The Morgan fingerprint density at radius 2 is 1.80 bits per heavy atom. The first-order valence-electron chi connectivity index (χ1n) is 4.51. The number of ketones is 1. The van der Waals surface area contributed by atoms with Crippen molar-refractivity contribution < 1.29 is 4.79 Å². The summed E-state index contributed by atoms with van der Waals surface area (Å²) in [4.78, 5) is 11.0. The number of Topliss-reactive ketones (excluding diaryl/α,β-unsaturated/α-hetero) is 1. The van der Waals surface area contributed by atoms with Crippen LogP contribution in [0.25, 0.3) is 0 Å². The molecule has 0 spiro atoms. The van der Waals surface area contributed by atoms with Crippen molar-refractivity contribution in [2.24, 2.45) is 0 Å². The summed E-state index contributed by atoms with van der Waals surface area (Å²) >= 11 is 10.4. The highest BCUT2D eigenvalue weighted by molar-refractivity contribution is 9.11. The van der Waals surface area contributed by atoms with Gasteiger partial charge in [0.1, 0.15) is 5.78 Å². The predicted octanol–water partition coefficient (Wildman–Crippen LogP) is 4.42. The quantitative estimate of drug-likeness (QED) is 0.689. The molecular formula is C11H11Br3O. The Labute approximate surface area is 115 Å². The van der Waals surface area contributed by atoms with E-state index in [1.165, 1.54) is 5.56 Å². The van der Waals surface area contributed by atoms with Crippen LogP contribution in [-0.4, -0.2) is 10.6 Å². The summed E-state index contributed by atoms with van der Waals surface area (Å²) in [7, 11) is 0. The number of carbonyl (C=O) groups is 1. The van der Waals surface area contributed by atoms with Crippen molar-refractivity contribution in [1.29, 1.82) is 0 Å². The van der Waals surface area contributed by atoms with Crippen molar-refractivity contribution in [3.63, 3.8) is 0 Å². The molecule has 0 aliphatic carbocycles. The highest BCUT2D eigenvalue weighted by atomic mass is 79.9. The molecule has 1 unspecified atom stereocenters. The average molecular weight is 399 g/mol. The number of alkyl halides is 1. The van der Waals surface area contributed by atoms with Gasteiger partial charge in [-0.3, -0.25) is 4.79 Å². The minimum absolute atomic E-state index is 0.118. The Hall–Kier alpha value is 0.330. The van der Waals surface area contributed by atoms with Gasteiger partial charge in [-0.05, 0) is 43.5 Å². The summed E-state index contributed by atoms with van der Waals surface area (Å²) in [6.07, 6.45) is 0.691. The first-order chi connectivity index (χ1) is 6.91. The first kappa shape index (κ1) is 13.4. The Morgan fingerprint density at radius 1 is 1.33 bits per heavy atom. The van der Waals surface area contributed by atoms with Crippen LogP contribution in [0.4, 0.5) is 0 Å². The fourth-order valence-electron chi connectivity index (χ4n) is 1.25. The molecule has 15 heavy (non-hydrogen) atoms. The molecule has 0 fully saturated rings. The van der Waals surface area contributed by atoms with Crippen LogP contribution in [0, 0.1) is 6.92 Å². The molecule has 0 aromatic heterocycles. The molecule has 0 radical (unpaired) electrons. The minimum Gasteiger partial charge on any atom is -0.299 e. The Kier molecular flexibility index (Phi) is 5.00. The predicted molar refractivity (Wildman–Crippen MR) is 73.7 cm³/mol. The van der Waals surface area contributed by atoms with Gasteiger partial charge in [-0.2, -0.15) is 0 Å². The van der Waals surface area contributed by atoms with Crippen LogP contribution in [0.2, 0.25) is 0 Å². The fraction of sp³-hybridized carbons (Fsp3) is 0.364. The monoisotopic (exact) mass is 396 g/mol. The number of aryl methyl sites for hydroxylation is 1. The van der Waals surface area contributed by atoms with Crippen LogP contribution < -0.4 is 0 Å². The van der Waals surface area contributed by atoms with Crippen LogP contribution in [0.1, 0.15) is 18.1 Å². The molecule has 1 nitrogen and oxygen atoms in total. The summed E-state index contributed by atoms with van der Waals surface area (Å²) in [5.74, 6) is 0.148. The largest absolute Gasteiger partial charge is 0.299 e.